The lowest BCUT2D eigenvalue weighted by molar-refractivity contribution is -0.152. The fraction of sp³-hybridized carbons (Fsp3) is 0.947. The minimum Gasteiger partial charge on any atom is -0.413 e. The maximum atomic E-state index is 12.2. The predicted molar refractivity (Wildman–Crippen MR) is 111 cm³/mol. The number of amides is 1. The molecule has 4 nitrogen and oxygen atoms in total. The molecule has 1 aliphatic heterocycles. The van der Waals surface area contributed by atoms with Crippen LogP contribution in [-0.4, -0.2) is 34.9 Å². The molecule has 0 saturated carbocycles. The number of nitrogens with one attached hydrogen (secondary N) is 1. The second-order valence-electron chi connectivity index (χ2n) is 10.5. The predicted octanol–water partition coefficient (Wildman–Crippen LogP) is 5.13. The summed E-state index contributed by atoms with van der Waals surface area (Å²) in [5.74, 6) is 0.392. The van der Waals surface area contributed by atoms with Crippen molar-refractivity contribution >= 4 is 22.5 Å². The fourth-order valence-corrected chi connectivity index (χ4v) is 6.77. The first-order chi connectivity index (χ1) is 10.9. The van der Waals surface area contributed by atoms with E-state index in [4.69, 9.17) is 8.85 Å². The van der Waals surface area contributed by atoms with Crippen LogP contribution in [0.3, 0.4) is 0 Å². The van der Waals surface area contributed by atoms with E-state index in [0.29, 0.717) is 5.92 Å². The van der Waals surface area contributed by atoms with Gasteiger partial charge in [0, 0.05) is 0 Å². The number of β-lactam (4-membered cyclic amide) rings is 1. The zero-order chi connectivity index (χ0) is 20.0. The molecule has 25 heavy (non-hydrogen) atoms. The lowest BCUT2D eigenvalue weighted by Gasteiger charge is -2.50. The number of hydrogen-bond donors (Lipinski definition) is 1. The number of rotatable bonds is 7. The smallest absolute Gasteiger partial charge is 0.232 e. The van der Waals surface area contributed by atoms with Crippen LogP contribution in [0.25, 0.3) is 0 Å². The van der Waals surface area contributed by atoms with Gasteiger partial charge in [-0.25, -0.2) is 0 Å². The third-order valence-corrected chi connectivity index (χ3v) is 16.2. The highest BCUT2D eigenvalue weighted by molar-refractivity contribution is 6.74. The van der Waals surface area contributed by atoms with Gasteiger partial charge in [-0.3, -0.25) is 4.79 Å². The van der Waals surface area contributed by atoms with Crippen LogP contribution in [-0.2, 0) is 13.6 Å². The van der Waals surface area contributed by atoms with E-state index in [1.54, 1.807) is 0 Å². The van der Waals surface area contributed by atoms with E-state index < -0.39 is 16.6 Å². The molecule has 1 unspecified atom stereocenters. The molecular formula is C19H41NO3Si2. The topological polar surface area (TPSA) is 47.6 Å². The molecule has 0 aromatic carbocycles. The maximum Gasteiger partial charge on any atom is 0.232 e. The fourth-order valence-electron chi connectivity index (χ4n) is 2.81. The maximum absolute atomic E-state index is 12.2. The van der Waals surface area contributed by atoms with Crippen LogP contribution in [0, 0.1) is 11.8 Å². The summed E-state index contributed by atoms with van der Waals surface area (Å²) in [6.07, 6.45) is -0.335. The molecule has 0 aromatic rings. The van der Waals surface area contributed by atoms with Crippen molar-refractivity contribution in [3.05, 3.63) is 0 Å². The van der Waals surface area contributed by atoms with Crippen LogP contribution >= 0.6 is 0 Å². The molecule has 3 atom stereocenters. The van der Waals surface area contributed by atoms with Crippen molar-refractivity contribution in [2.45, 2.75) is 104 Å². The van der Waals surface area contributed by atoms with Crippen molar-refractivity contribution in [3.63, 3.8) is 0 Å². The summed E-state index contributed by atoms with van der Waals surface area (Å²) in [6, 6.07) is 0. The molecule has 1 saturated heterocycles. The summed E-state index contributed by atoms with van der Waals surface area (Å²) in [4.78, 5) is 12.2. The van der Waals surface area contributed by atoms with Crippen LogP contribution in [0.5, 0.6) is 0 Å². The second-order valence-corrected chi connectivity index (χ2v) is 19.8. The van der Waals surface area contributed by atoms with Gasteiger partial charge in [0.1, 0.15) is 12.1 Å². The van der Waals surface area contributed by atoms with Crippen LogP contribution < -0.4 is 5.32 Å². The molecule has 1 amide bonds. The molecule has 148 valence electrons. The van der Waals surface area contributed by atoms with Crippen molar-refractivity contribution in [3.8, 4) is 0 Å². The van der Waals surface area contributed by atoms with Gasteiger partial charge in [0.2, 0.25) is 5.91 Å². The van der Waals surface area contributed by atoms with Gasteiger partial charge in [-0.15, -0.1) is 0 Å². The van der Waals surface area contributed by atoms with Gasteiger partial charge >= 0.3 is 0 Å². The molecule has 1 N–H and O–H groups in total. The van der Waals surface area contributed by atoms with E-state index in [2.05, 4.69) is 80.0 Å². The van der Waals surface area contributed by atoms with Gasteiger partial charge in [0.05, 0.1) is 6.10 Å². The molecule has 1 aliphatic rings. The third-order valence-electron chi connectivity index (χ3n) is 7.12. The van der Waals surface area contributed by atoms with E-state index in [1.807, 2.05) is 6.92 Å². The zero-order valence-electron chi connectivity index (χ0n) is 18.5. The van der Waals surface area contributed by atoms with Crippen LogP contribution in [0.4, 0.5) is 0 Å². The van der Waals surface area contributed by atoms with Gasteiger partial charge in [0.25, 0.3) is 0 Å². The molecule has 1 fully saturated rings. The first kappa shape index (κ1) is 22.9. The molecule has 0 radical (unpaired) electrons. The van der Waals surface area contributed by atoms with E-state index in [0.717, 1.165) is 0 Å². The van der Waals surface area contributed by atoms with E-state index in [1.165, 1.54) is 0 Å². The Hall–Kier alpha value is -0.176. The number of hydrogen-bond acceptors (Lipinski definition) is 3. The number of carbonyl (C=O) groups excluding carboxylic acids is 1. The van der Waals surface area contributed by atoms with Gasteiger partial charge in [-0.1, -0.05) is 48.5 Å². The Morgan fingerprint density at radius 1 is 0.960 bits per heavy atom. The Kier molecular flexibility index (Phi) is 6.49. The first-order valence-corrected chi connectivity index (χ1v) is 15.4. The van der Waals surface area contributed by atoms with Gasteiger partial charge in [-0.2, -0.15) is 0 Å². The second kappa shape index (κ2) is 7.09. The molecule has 1 rings (SSSR count). The van der Waals surface area contributed by atoms with Gasteiger partial charge < -0.3 is 14.2 Å². The summed E-state index contributed by atoms with van der Waals surface area (Å²) in [6.45, 7) is 26.8. The zero-order valence-corrected chi connectivity index (χ0v) is 20.5. The van der Waals surface area contributed by atoms with E-state index in [9.17, 15) is 4.79 Å². The molecule has 1 heterocycles. The molecule has 0 aliphatic carbocycles. The Morgan fingerprint density at radius 2 is 1.44 bits per heavy atom. The van der Waals surface area contributed by atoms with E-state index in [-0.39, 0.29) is 34.2 Å². The largest absolute Gasteiger partial charge is 0.413 e. The minimum absolute atomic E-state index is 0.0587. The lowest BCUT2D eigenvalue weighted by Crippen LogP contribution is -2.67. The van der Waals surface area contributed by atoms with E-state index >= 15 is 0 Å². The monoisotopic (exact) mass is 387 g/mol. The van der Waals surface area contributed by atoms with Crippen LogP contribution in [0.1, 0.15) is 55.4 Å². The van der Waals surface area contributed by atoms with Crippen molar-refractivity contribution < 1.29 is 13.6 Å². The quantitative estimate of drug-likeness (QED) is 0.487. The summed E-state index contributed by atoms with van der Waals surface area (Å²) in [5.41, 5.74) is 0. The molecule has 0 spiro atoms. The van der Waals surface area contributed by atoms with Crippen molar-refractivity contribution in [2.24, 2.45) is 11.8 Å². The molecule has 0 aromatic heterocycles. The number of carbonyl (C=O) groups is 1. The normalized spacial score (nSPS) is 24.1. The Balaban J connectivity index is 2.87. The average Bonchev–Trinajstić information content (AvgIpc) is 2.34. The summed E-state index contributed by atoms with van der Waals surface area (Å²) < 4.78 is 13.0. The van der Waals surface area contributed by atoms with Gasteiger partial charge in [-0.05, 0) is 49.1 Å². The third kappa shape index (κ3) is 4.57. The highest BCUT2D eigenvalue weighted by atomic mass is 28.4. The first-order valence-electron chi connectivity index (χ1n) is 9.60. The van der Waals surface area contributed by atoms with Gasteiger partial charge in [0.15, 0.2) is 16.6 Å². The minimum atomic E-state index is -1.98. The molecular weight excluding hydrogens is 346 g/mol. The molecule has 6 heteroatoms. The molecule has 0 bridgehead atoms. The highest BCUT2D eigenvalue weighted by Crippen LogP contribution is 2.46. The Labute approximate surface area is 157 Å². The van der Waals surface area contributed by atoms with Crippen LogP contribution in [0.2, 0.25) is 36.3 Å². The highest BCUT2D eigenvalue weighted by Gasteiger charge is 2.52. The lowest BCUT2D eigenvalue weighted by atomic mass is 9.94. The summed E-state index contributed by atoms with van der Waals surface area (Å²) in [7, 11) is -3.91. The van der Waals surface area contributed by atoms with Crippen molar-refractivity contribution in [1.82, 2.24) is 5.32 Å². The Bertz CT molecular complexity index is 495. The average molecular weight is 388 g/mol. The summed E-state index contributed by atoms with van der Waals surface area (Å²) >= 11 is 0. The van der Waals surface area contributed by atoms with Crippen molar-refractivity contribution in [1.29, 1.82) is 0 Å². The SMILES string of the molecule is CC(O[Si](C)(C)C(C)(C)C(C)C)[C@H]1C(=O)N[C@@H]1O[Si](C)(C)C(C)(C)C. The van der Waals surface area contributed by atoms with Crippen LogP contribution in [0.15, 0.2) is 0 Å². The Morgan fingerprint density at radius 3 is 1.80 bits per heavy atom. The summed E-state index contributed by atoms with van der Waals surface area (Å²) in [5, 5.41) is 3.22. The standard InChI is InChI=1S/C19H41NO3Si2/c1-13(2)19(7,8)25(11,12)22-14(3)15-16(21)20-17(15)23-24(9,10)18(4,5)6/h13-15,17H,1-12H3,(H,20,21)/t14?,15-,17+/m0/s1. The van der Waals surface area contributed by atoms with Crippen molar-refractivity contribution in [2.75, 3.05) is 0 Å².